The third-order valence-corrected chi connectivity index (χ3v) is 5.89. The first-order valence-corrected chi connectivity index (χ1v) is 10.5. The molecule has 0 spiro atoms. The molecule has 0 saturated heterocycles. The zero-order chi connectivity index (χ0) is 21.0. The fourth-order valence-corrected chi connectivity index (χ4v) is 4.04. The normalized spacial score (nSPS) is 11.3. The maximum absolute atomic E-state index is 12.4. The molecule has 3 rings (SSSR count). The lowest BCUT2D eigenvalue weighted by Gasteiger charge is -2.05. The van der Waals surface area contributed by atoms with Crippen molar-refractivity contribution in [1.82, 2.24) is 10.2 Å². The van der Waals surface area contributed by atoms with Crippen molar-refractivity contribution < 1.29 is 22.4 Å². The van der Waals surface area contributed by atoms with E-state index in [1.807, 2.05) is 32.0 Å². The van der Waals surface area contributed by atoms with Crippen LogP contribution in [0.5, 0.6) is 5.75 Å². The summed E-state index contributed by atoms with van der Waals surface area (Å²) in [6, 6.07) is 11.7. The monoisotopic (exact) mass is 415 g/mol. The molecule has 0 saturated carbocycles. The minimum absolute atomic E-state index is 0.0778. The summed E-state index contributed by atoms with van der Waals surface area (Å²) < 4.78 is 35.2. The Hall–Kier alpha value is -3.20. The van der Waals surface area contributed by atoms with E-state index in [1.54, 1.807) is 12.1 Å². The number of carbonyl (C=O) groups is 1. The van der Waals surface area contributed by atoms with Crippen molar-refractivity contribution in [3.05, 3.63) is 53.6 Å². The Labute approximate surface area is 168 Å². The van der Waals surface area contributed by atoms with Crippen LogP contribution in [0.4, 0.5) is 6.01 Å². The number of aryl methyl sites for hydroxylation is 2. The van der Waals surface area contributed by atoms with Gasteiger partial charge in [0.15, 0.2) is 9.84 Å². The first kappa shape index (κ1) is 20.5. The number of hydrogen-bond donors (Lipinski definition) is 1. The van der Waals surface area contributed by atoms with Gasteiger partial charge < -0.3 is 9.15 Å². The van der Waals surface area contributed by atoms with Crippen molar-refractivity contribution in [2.45, 2.75) is 25.2 Å². The van der Waals surface area contributed by atoms with E-state index < -0.39 is 15.7 Å². The highest BCUT2D eigenvalue weighted by atomic mass is 32.2. The standard InChI is InChI=1S/C20H21N3O5S/c1-13-10-14(2)12-15(11-13)19-22-23-20(28-19)21-18(24)8-9-29(25,26)17-6-4-16(27-3)5-7-17/h4-7,10-12H,8-9H2,1-3H3,(H,21,23,24). The molecule has 0 aliphatic carbocycles. The van der Waals surface area contributed by atoms with Gasteiger partial charge in [0.05, 0.1) is 17.8 Å². The number of aromatic nitrogens is 2. The van der Waals surface area contributed by atoms with Crippen LogP contribution in [0.2, 0.25) is 0 Å². The van der Waals surface area contributed by atoms with E-state index in [-0.39, 0.29) is 29.0 Å². The van der Waals surface area contributed by atoms with Gasteiger partial charge in [-0.2, -0.15) is 0 Å². The Morgan fingerprint density at radius 3 is 2.34 bits per heavy atom. The number of carbonyl (C=O) groups excluding carboxylic acids is 1. The van der Waals surface area contributed by atoms with Gasteiger partial charge in [0.1, 0.15) is 5.75 Å². The van der Waals surface area contributed by atoms with Gasteiger partial charge in [0, 0.05) is 12.0 Å². The summed E-state index contributed by atoms with van der Waals surface area (Å²) in [5.41, 5.74) is 2.85. The van der Waals surface area contributed by atoms with Crippen molar-refractivity contribution in [2.24, 2.45) is 0 Å². The second kappa shape index (κ2) is 8.44. The van der Waals surface area contributed by atoms with Crippen molar-refractivity contribution in [3.63, 3.8) is 0 Å². The molecule has 3 aromatic rings. The number of amides is 1. The van der Waals surface area contributed by atoms with Crippen molar-refractivity contribution in [2.75, 3.05) is 18.2 Å². The van der Waals surface area contributed by atoms with Gasteiger partial charge in [-0.1, -0.05) is 22.3 Å². The van der Waals surface area contributed by atoms with E-state index in [4.69, 9.17) is 9.15 Å². The smallest absolute Gasteiger partial charge is 0.322 e. The van der Waals surface area contributed by atoms with Gasteiger partial charge in [-0.3, -0.25) is 10.1 Å². The number of sulfone groups is 1. The van der Waals surface area contributed by atoms with E-state index in [2.05, 4.69) is 15.5 Å². The SMILES string of the molecule is COc1ccc(S(=O)(=O)CCC(=O)Nc2nnc(-c3cc(C)cc(C)c3)o2)cc1. The summed E-state index contributed by atoms with van der Waals surface area (Å²) in [6.45, 7) is 3.91. The van der Waals surface area contributed by atoms with Gasteiger partial charge in [0.2, 0.25) is 11.8 Å². The molecule has 0 unspecified atom stereocenters. The van der Waals surface area contributed by atoms with Gasteiger partial charge in [-0.05, 0) is 50.2 Å². The first-order valence-electron chi connectivity index (χ1n) is 8.86. The van der Waals surface area contributed by atoms with E-state index >= 15 is 0 Å². The molecule has 0 aliphatic rings. The summed E-state index contributed by atoms with van der Waals surface area (Å²) >= 11 is 0. The fraction of sp³-hybridized carbons (Fsp3) is 0.250. The van der Waals surface area contributed by atoms with Crippen LogP contribution >= 0.6 is 0 Å². The number of ether oxygens (including phenoxy) is 1. The molecule has 1 aromatic heterocycles. The summed E-state index contributed by atoms with van der Waals surface area (Å²) in [5, 5.41) is 10.2. The zero-order valence-corrected chi connectivity index (χ0v) is 17.1. The predicted molar refractivity (Wildman–Crippen MR) is 108 cm³/mol. The van der Waals surface area contributed by atoms with Gasteiger partial charge in [-0.15, -0.1) is 5.10 Å². The highest BCUT2D eigenvalue weighted by molar-refractivity contribution is 7.91. The second-order valence-electron chi connectivity index (χ2n) is 6.58. The minimum Gasteiger partial charge on any atom is -0.497 e. The molecule has 9 heteroatoms. The van der Waals surface area contributed by atoms with E-state index in [1.165, 1.54) is 19.2 Å². The van der Waals surface area contributed by atoms with Crippen LogP contribution < -0.4 is 10.1 Å². The Bertz CT molecular complexity index is 1100. The van der Waals surface area contributed by atoms with Crippen LogP contribution in [-0.4, -0.2) is 37.4 Å². The van der Waals surface area contributed by atoms with Crippen molar-refractivity contribution >= 4 is 21.8 Å². The van der Waals surface area contributed by atoms with Crippen molar-refractivity contribution in [3.8, 4) is 17.2 Å². The Morgan fingerprint density at radius 1 is 1.07 bits per heavy atom. The van der Waals surface area contributed by atoms with E-state index in [0.29, 0.717) is 5.75 Å². The average Bonchev–Trinajstić information content (AvgIpc) is 3.14. The molecule has 0 fully saturated rings. The summed E-state index contributed by atoms with van der Waals surface area (Å²) in [6.07, 6.45) is -0.240. The number of benzene rings is 2. The quantitative estimate of drug-likeness (QED) is 0.631. The Kier molecular flexibility index (Phi) is 5.97. The molecule has 0 atom stereocenters. The number of methoxy groups -OCH3 is 1. The van der Waals surface area contributed by atoms with Crippen LogP contribution in [0.1, 0.15) is 17.5 Å². The maximum Gasteiger partial charge on any atom is 0.322 e. The minimum atomic E-state index is -3.60. The van der Waals surface area contributed by atoms with E-state index in [9.17, 15) is 13.2 Å². The number of rotatable bonds is 7. The number of anilines is 1. The number of nitrogens with zero attached hydrogens (tertiary/aromatic N) is 2. The fourth-order valence-electron chi connectivity index (χ4n) is 2.80. The molecule has 1 N–H and O–H groups in total. The lowest BCUT2D eigenvalue weighted by Crippen LogP contribution is -2.17. The molecule has 2 aromatic carbocycles. The second-order valence-corrected chi connectivity index (χ2v) is 8.69. The molecular weight excluding hydrogens is 394 g/mol. The molecular formula is C20H21N3O5S. The largest absolute Gasteiger partial charge is 0.497 e. The number of nitrogens with one attached hydrogen (secondary N) is 1. The highest BCUT2D eigenvalue weighted by Gasteiger charge is 2.18. The third-order valence-electron chi connectivity index (χ3n) is 4.16. The lowest BCUT2D eigenvalue weighted by atomic mass is 10.1. The van der Waals surface area contributed by atoms with Crippen LogP contribution in [0.25, 0.3) is 11.5 Å². The molecule has 0 radical (unpaired) electrons. The molecule has 1 amide bonds. The Balaban J connectivity index is 1.61. The average molecular weight is 415 g/mol. The van der Waals surface area contributed by atoms with Crippen LogP contribution in [0.3, 0.4) is 0 Å². The van der Waals surface area contributed by atoms with Crippen LogP contribution in [-0.2, 0) is 14.6 Å². The molecule has 0 aliphatic heterocycles. The topological polar surface area (TPSA) is 111 Å². The predicted octanol–water partition coefficient (Wildman–Crippen LogP) is 3.16. The molecule has 8 nitrogen and oxygen atoms in total. The van der Waals surface area contributed by atoms with Gasteiger partial charge >= 0.3 is 6.01 Å². The summed E-state index contributed by atoms with van der Waals surface area (Å²) in [7, 11) is -2.11. The van der Waals surface area contributed by atoms with Crippen molar-refractivity contribution in [1.29, 1.82) is 0 Å². The van der Waals surface area contributed by atoms with Gasteiger partial charge in [0.25, 0.3) is 0 Å². The first-order chi connectivity index (χ1) is 13.8. The van der Waals surface area contributed by atoms with Crippen LogP contribution in [0.15, 0.2) is 51.8 Å². The van der Waals surface area contributed by atoms with Crippen LogP contribution in [0, 0.1) is 13.8 Å². The summed E-state index contributed by atoms with van der Waals surface area (Å²) in [5.74, 6) is -0.0446. The Morgan fingerprint density at radius 2 is 1.72 bits per heavy atom. The molecule has 0 bridgehead atoms. The van der Waals surface area contributed by atoms with E-state index in [0.717, 1.165) is 16.7 Å². The third kappa shape index (κ3) is 5.20. The summed E-state index contributed by atoms with van der Waals surface area (Å²) in [4.78, 5) is 12.2. The number of hydrogen-bond acceptors (Lipinski definition) is 7. The maximum atomic E-state index is 12.4. The highest BCUT2D eigenvalue weighted by Crippen LogP contribution is 2.23. The molecule has 29 heavy (non-hydrogen) atoms. The molecule has 1 heterocycles. The lowest BCUT2D eigenvalue weighted by molar-refractivity contribution is -0.115. The zero-order valence-electron chi connectivity index (χ0n) is 16.3. The van der Waals surface area contributed by atoms with Gasteiger partial charge in [-0.25, -0.2) is 8.42 Å². The molecule has 152 valence electrons.